The molecule has 0 aliphatic carbocycles. The van der Waals surface area contributed by atoms with Gasteiger partial charge in [-0.05, 0) is 35.4 Å². The van der Waals surface area contributed by atoms with Crippen LogP contribution in [0.3, 0.4) is 0 Å². The molecule has 0 aromatic heterocycles. The van der Waals surface area contributed by atoms with E-state index in [9.17, 15) is 9.59 Å². The first-order chi connectivity index (χ1) is 11.6. The van der Waals surface area contributed by atoms with Crippen LogP contribution in [-0.4, -0.2) is 26.1 Å². The van der Waals surface area contributed by atoms with Crippen molar-refractivity contribution in [1.82, 2.24) is 16.0 Å². The summed E-state index contributed by atoms with van der Waals surface area (Å²) in [6, 6.07) is 14.3. The smallest absolute Gasteiger partial charge is 0.315 e. The molecule has 2 rings (SSSR count). The largest absolute Gasteiger partial charge is 0.497 e. The summed E-state index contributed by atoms with van der Waals surface area (Å²) >= 11 is 0. The van der Waals surface area contributed by atoms with Gasteiger partial charge in [0.1, 0.15) is 5.75 Å². The van der Waals surface area contributed by atoms with E-state index in [1.54, 1.807) is 26.3 Å². The van der Waals surface area contributed by atoms with Gasteiger partial charge in [-0.15, -0.1) is 0 Å². The van der Waals surface area contributed by atoms with Crippen molar-refractivity contribution in [2.24, 2.45) is 0 Å². The second-order valence-corrected chi connectivity index (χ2v) is 5.16. The minimum atomic E-state index is -0.249. The van der Waals surface area contributed by atoms with Crippen LogP contribution in [0.1, 0.15) is 21.5 Å². The summed E-state index contributed by atoms with van der Waals surface area (Å²) in [6.07, 6.45) is 0. The van der Waals surface area contributed by atoms with Crippen LogP contribution in [-0.2, 0) is 13.1 Å². The number of benzene rings is 2. The summed E-state index contributed by atoms with van der Waals surface area (Å²) in [5.41, 5.74) is 2.49. The van der Waals surface area contributed by atoms with Gasteiger partial charge in [0.05, 0.1) is 7.11 Å². The van der Waals surface area contributed by atoms with E-state index in [-0.39, 0.29) is 11.9 Å². The molecule has 6 nitrogen and oxygen atoms in total. The van der Waals surface area contributed by atoms with E-state index >= 15 is 0 Å². The number of rotatable bonds is 6. The zero-order valence-electron chi connectivity index (χ0n) is 13.8. The maximum Gasteiger partial charge on any atom is 0.315 e. The first kappa shape index (κ1) is 17.3. The highest BCUT2D eigenvalue weighted by atomic mass is 16.5. The Morgan fingerprint density at radius 1 is 0.875 bits per heavy atom. The van der Waals surface area contributed by atoms with Gasteiger partial charge in [0, 0.05) is 25.7 Å². The summed E-state index contributed by atoms with van der Waals surface area (Å²) < 4.78 is 5.09. The lowest BCUT2D eigenvalue weighted by Gasteiger charge is -2.09. The Morgan fingerprint density at radius 2 is 1.38 bits per heavy atom. The van der Waals surface area contributed by atoms with Gasteiger partial charge < -0.3 is 20.7 Å². The number of carbonyl (C=O) groups is 2. The first-order valence-electron chi connectivity index (χ1n) is 7.58. The van der Waals surface area contributed by atoms with Crippen molar-refractivity contribution >= 4 is 11.9 Å². The molecule has 0 unspecified atom stereocenters. The molecule has 2 aromatic rings. The monoisotopic (exact) mass is 327 g/mol. The van der Waals surface area contributed by atoms with Crippen molar-refractivity contribution in [1.29, 1.82) is 0 Å². The minimum absolute atomic E-state index is 0.133. The summed E-state index contributed by atoms with van der Waals surface area (Å²) in [5.74, 6) is 0.648. The molecule has 3 amide bonds. The number of ether oxygens (including phenoxy) is 1. The standard InChI is InChI=1S/C18H21N3O3/c1-19-17(22)15-7-3-13(4-8-15)11-20-18(23)21-12-14-5-9-16(24-2)10-6-14/h3-10H,11-12H2,1-2H3,(H,19,22)(H2,20,21,23). The van der Waals surface area contributed by atoms with Crippen LogP contribution in [0.2, 0.25) is 0 Å². The lowest BCUT2D eigenvalue weighted by Crippen LogP contribution is -2.34. The molecule has 126 valence electrons. The molecular weight excluding hydrogens is 306 g/mol. The Labute approximate surface area is 141 Å². The van der Waals surface area contributed by atoms with E-state index in [0.29, 0.717) is 18.7 Å². The molecule has 0 fully saturated rings. The molecule has 0 saturated heterocycles. The summed E-state index contributed by atoms with van der Waals surface area (Å²) in [4.78, 5) is 23.3. The topological polar surface area (TPSA) is 79.5 Å². The van der Waals surface area contributed by atoms with Gasteiger partial charge in [-0.2, -0.15) is 0 Å². The number of hydrogen-bond acceptors (Lipinski definition) is 3. The van der Waals surface area contributed by atoms with Gasteiger partial charge >= 0.3 is 6.03 Å². The van der Waals surface area contributed by atoms with Gasteiger partial charge in [0.25, 0.3) is 5.91 Å². The van der Waals surface area contributed by atoms with E-state index in [0.717, 1.165) is 16.9 Å². The highest BCUT2D eigenvalue weighted by Crippen LogP contribution is 2.10. The third-order valence-electron chi connectivity index (χ3n) is 3.51. The molecule has 0 heterocycles. The molecule has 0 saturated carbocycles. The Morgan fingerprint density at radius 3 is 1.83 bits per heavy atom. The van der Waals surface area contributed by atoms with E-state index in [1.165, 1.54) is 0 Å². The Balaban J connectivity index is 1.77. The fraction of sp³-hybridized carbons (Fsp3) is 0.222. The number of amides is 3. The van der Waals surface area contributed by atoms with Crippen LogP contribution in [0.4, 0.5) is 4.79 Å². The van der Waals surface area contributed by atoms with Crippen LogP contribution in [0.15, 0.2) is 48.5 Å². The van der Waals surface area contributed by atoms with Crippen molar-refractivity contribution in [2.45, 2.75) is 13.1 Å². The fourth-order valence-corrected chi connectivity index (χ4v) is 2.09. The third kappa shape index (κ3) is 5.01. The van der Waals surface area contributed by atoms with Crippen molar-refractivity contribution < 1.29 is 14.3 Å². The first-order valence-corrected chi connectivity index (χ1v) is 7.58. The van der Waals surface area contributed by atoms with Crippen molar-refractivity contribution in [3.63, 3.8) is 0 Å². The van der Waals surface area contributed by atoms with Crippen LogP contribution < -0.4 is 20.7 Å². The number of hydrogen-bond donors (Lipinski definition) is 3. The van der Waals surface area contributed by atoms with E-state index in [1.807, 2.05) is 36.4 Å². The predicted molar refractivity (Wildman–Crippen MR) is 91.9 cm³/mol. The second-order valence-electron chi connectivity index (χ2n) is 5.16. The van der Waals surface area contributed by atoms with Crippen LogP contribution in [0.5, 0.6) is 5.75 Å². The number of nitrogens with one attached hydrogen (secondary N) is 3. The third-order valence-corrected chi connectivity index (χ3v) is 3.51. The maximum absolute atomic E-state index is 11.8. The summed E-state index contributed by atoms with van der Waals surface area (Å²) in [6.45, 7) is 0.827. The zero-order valence-corrected chi connectivity index (χ0v) is 13.8. The molecule has 0 aliphatic heterocycles. The summed E-state index contributed by atoms with van der Waals surface area (Å²) in [5, 5.41) is 8.13. The molecule has 0 atom stereocenters. The predicted octanol–water partition coefficient (Wildman–Crippen LogP) is 2.05. The minimum Gasteiger partial charge on any atom is -0.497 e. The van der Waals surface area contributed by atoms with Crippen molar-refractivity contribution in [3.8, 4) is 5.75 Å². The molecule has 24 heavy (non-hydrogen) atoms. The fourth-order valence-electron chi connectivity index (χ4n) is 2.09. The van der Waals surface area contributed by atoms with Gasteiger partial charge in [-0.3, -0.25) is 4.79 Å². The zero-order chi connectivity index (χ0) is 17.4. The van der Waals surface area contributed by atoms with Gasteiger partial charge in [-0.25, -0.2) is 4.79 Å². The average molecular weight is 327 g/mol. The number of methoxy groups -OCH3 is 1. The highest BCUT2D eigenvalue weighted by molar-refractivity contribution is 5.93. The van der Waals surface area contributed by atoms with E-state index in [4.69, 9.17) is 4.74 Å². The van der Waals surface area contributed by atoms with Crippen LogP contribution in [0, 0.1) is 0 Å². The van der Waals surface area contributed by atoms with Gasteiger partial charge in [-0.1, -0.05) is 24.3 Å². The average Bonchev–Trinajstić information content (AvgIpc) is 2.64. The van der Waals surface area contributed by atoms with E-state index in [2.05, 4.69) is 16.0 Å². The Kier molecular flexibility index (Phi) is 6.19. The van der Waals surface area contributed by atoms with Gasteiger partial charge in [0.2, 0.25) is 0 Å². The molecule has 3 N–H and O–H groups in total. The Hall–Kier alpha value is -3.02. The second kappa shape index (κ2) is 8.57. The molecular formula is C18H21N3O3. The van der Waals surface area contributed by atoms with Crippen molar-refractivity contribution in [2.75, 3.05) is 14.2 Å². The molecule has 6 heteroatoms. The number of urea groups is 1. The highest BCUT2D eigenvalue weighted by Gasteiger charge is 2.04. The van der Waals surface area contributed by atoms with E-state index < -0.39 is 0 Å². The number of carbonyl (C=O) groups excluding carboxylic acids is 2. The van der Waals surface area contributed by atoms with Crippen LogP contribution in [0.25, 0.3) is 0 Å². The molecule has 0 bridgehead atoms. The van der Waals surface area contributed by atoms with Crippen molar-refractivity contribution in [3.05, 3.63) is 65.2 Å². The maximum atomic E-state index is 11.8. The normalized spacial score (nSPS) is 9.92. The van der Waals surface area contributed by atoms with Gasteiger partial charge in [0.15, 0.2) is 0 Å². The Bertz CT molecular complexity index is 682. The lowest BCUT2D eigenvalue weighted by molar-refractivity contribution is 0.0963. The molecule has 0 spiro atoms. The SMILES string of the molecule is CNC(=O)c1ccc(CNC(=O)NCc2ccc(OC)cc2)cc1. The molecule has 0 aliphatic rings. The quantitative estimate of drug-likeness (QED) is 0.760. The van der Waals surface area contributed by atoms with Crippen LogP contribution >= 0.6 is 0 Å². The summed E-state index contributed by atoms with van der Waals surface area (Å²) in [7, 11) is 3.20. The molecule has 2 aromatic carbocycles. The lowest BCUT2D eigenvalue weighted by atomic mass is 10.1. The molecule has 0 radical (unpaired) electrons.